The molecule has 0 radical (unpaired) electrons. The summed E-state index contributed by atoms with van der Waals surface area (Å²) in [4.78, 5) is 26.3. The summed E-state index contributed by atoms with van der Waals surface area (Å²) in [5, 5.41) is 11.6. The number of primary amides is 1. The van der Waals surface area contributed by atoms with E-state index in [2.05, 4.69) is 11.6 Å². The molecule has 2 rings (SSSR count). The fourth-order valence-corrected chi connectivity index (χ4v) is 1.98. The molecule has 1 aromatic carbocycles. The third-order valence-electron chi connectivity index (χ3n) is 2.71. The highest BCUT2D eigenvalue weighted by atomic mass is 16.6. The molecule has 0 spiro atoms. The van der Waals surface area contributed by atoms with Gasteiger partial charge in [0.15, 0.2) is 0 Å². The standard InChI is InChI=1S/C13H11N3O3/c1-2-5-10-12(16(18)19)11(13(14)17)8-6-3-4-7-9(8)15-10/h2-4,6-7H,1,5H2,(H2,14,17). The van der Waals surface area contributed by atoms with Gasteiger partial charge in [-0.05, 0) is 6.07 Å². The van der Waals surface area contributed by atoms with Crippen LogP contribution in [-0.2, 0) is 6.42 Å². The van der Waals surface area contributed by atoms with Crippen molar-refractivity contribution in [1.29, 1.82) is 0 Å². The number of benzene rings is 1. The average Bonchev–Trinajstić information content (AvgIpc) is 2.37. The molecule has 0 aliphatic heterocycles. The maximum atomic E-state index is 11.6. The monoisotopic (exact) mass is 257 g/mol. The lowest BCUT2D eigenvalue weighted by atomic mass is 10.0. The number of pyridine rings is 1. The van der Waals surface area contributed by atoms with Gasteiger partial charge in [-0.3, -0.25) is 14.9 Å². The SMILES string of the molecule is C=CCc1nc2ccccc2c(C(N)=O)c1[N+](=O)[O-]. The van der Waals surface area contributed by atoms with Crippen molar-refractivity contribution in [2.24, 2.45) is 5.73 Å². The summed E-state index contributed by atoms with van der Waals surface area (Å²) in [6.07, 6.45) is 1.69. The van der Waals surface area contributed by atoms with E-state index in [1.54, 1.807) is 24.3 Å². The van der Waals surface area contributed by atoms with Crippen LogP contribution in [0.25, 0.3) is 10.9 Å². The minimum absolute atomic E-state index is 0.104. The highest BCUT2D eigenvalue weighted by Gasteiger charge is 2.26. The van der Waals surface area contributed by atoms with Crippen molar-refractivity contribution in [1.82, 2.24) is 4.98 Å². The van der Waals surface area contributed by atoms with Gasteiger partial charge in [0.05, 0.1) is 10.4 Å². The van der Waals surface area contributed by atoms with E-state index in [1.165, 1.54) is 6.08 Å². The molecule has 1 aromatic heterocycles. The summed E-state index contributed by atoms with van der Waals surface area (Å²) >= 11 is 0. The summed E-state index contributed by atoms with van der Waals surface area (Å²) in [5.41, 5.74) is 5.53. The van der Waals surface area contributed by atoms with Crippen LogP contribution in [0.3, 0.4) is 0 Å². The molecule has 2 aromatic rings. The molecule has 0 bridgehead atoms. The molecular formula is C13H11N3O3. The first-order valence-corrected chi connectivity index (χ1v) is 5.53. The molecule has 1 heterocycles. The van der Waals surface area contributed by atoms with Gasteiger partial charge in [0, 0.05) is 11.8 Å². The smallest absolute Gasteiger partial charge is 0.304 e. The predicted molar refractivity (Wildman–Crippen MR) is 70.8 cm³/mol. The Balaban J connectivity index is 2.95. The van der Waals surface area contributed by atoms with Gasteiger partial charge < -0.3 is 5.73 Å². The van der Waals surface area contributed by atoms with Crippen molar-refractivity contribution < 1.29 is 9.72 Å². The van der Waals surface area contributed by atoms with Crippen LogP contribution in [0.15, 0.2) is 36.9 Å². The molecular weight excluding hydrogens is 246 g/mol. The lowest BCUT2D eigenvalue weighted by Crippen LogP contribution is -2.16. The van der Waals surface area contributed by atoms with Gasteiger partial charge in [0.25, 0.3) is 5.91 Å². The van der Waals surface area contributed by atoms with Crippen molar-refractivity contribution in [2.75, 3.05) is 0 Å². The van der Waals surface area contributed by atoms with Crippen molar-refractivity contribution in [3.8, 4) is 0 Å². The Labute approximate surface area is 108 Å². The number of carbonyl (C=O) groups excluding carboxylic acids is 1. The maximum Gasteiger partial charge on any atom is 0.304 e. The molecule has 19 heavy (non-hydrogen) atoms. The Bertz CT molecular complexity index is 695. The van der Waals surface area contributed by atoms with Crippen LogP contribution >= 0.6 is 0 Å². The average molecular weight is 257 g/mol. The van der Waals surface area contributed by atoms with Crippen LogP contribution in [0.4, 0.5) is 5.69 Å². The Morgan fingerprint density at radius 1 is 1.47 bits per heavy atom. The number of aromatic nitrogens is 1. The van der Waals surface area contributed by atoms with Gasteiger partial charge >= 0.3 is 5.69 Å². The number of nitro groups is 1. The molecule has 2 N–H and O–H groups in total. The second-order valence-corrected chi connectivity index (χ2v) is 3.91. The molecule has 0 saturated carbocycles. The molecule has 6 nitrogen and oxygen atoms in total. The first-order chi connectivity index (χ1) is 9.06. The Morgan fingerprint density at radius 3 is 2.74 bits per heavy atom. The quantitative estimate of drug-likeness (QED) is 0.514. The molecule has 0 aliphatic rings. The van der Waals surface area contributed by atoms with Crippen LogP contribution in [0, 0.1) is 10.1 Å². The number of para-hydroxylation sites is 1. The van der Waals surface area contributed by atoms with E-state index in [0.29, 0.717) is 10.9 Å². The van der Waals surface area contributed by atoms with Crippen LogP contribution < -0.4 is 5.73 Å². The van der Waals surface area contributed by atoms with Crippen molar-refractivity contribution in [3.63, 3.8) is 0 Å². The first kappa shape index (κ1) is 12.7. The van der Waals surface area contributed by atoms with Crippen LogP contribution in [-0.4, -0.2) is 15.8 Å². The third kappa shape index (κ3) is 2.15. The molecule has 0 aliphatic carbocycles. The molecule has 1 amide bonds. The number of allylic oxidation sites excluding steroid dienone is 1. The zero-order chi connectivity index (χ0) is 14.0. The number of nitrogens with zero attached hydrogens (tertiary/aromatic N) is 2. The highest BCUT2D eigenvalue weighted by Crippen LogP contribution is 2.29. The van der Waals surface area contributed by atoms with Crippen molar-refractivity contribution >= 4 is 22.5 Å². The number of amides is 1. The number of fused-ring (bicyclic) bond motifs is 1. The normalized spacial score (nSPS) is 10.3. The summed E-state index contributed by atoms with van der Waals surface area (Å²) < 4.78 is 0. The number of hydrogen-bond donors (Lipinski definition) is 1. The molecule has 0 fully saturated rings. The van der Waals surface area contributed by atoms with Gasteiger partial charge in [-0.15, -0.1) is 6.58 Å². The zero-order valence-electron chi connectivity index (χ0n) is 10.00. The van der Waals surface area contributed by atoms with E-state index in [4.69, 9.17) is 5.73 Å². The zero-order valence-corrected chi connectivity index (χ0v) is 10.00. The fourth-order valence-electron chi connectivity index (χ4n) is 1.98. The van der Waals surface area contributed by atoms with E-state index >= 15 is 0 Å². The lowest BCUT2D eigenvalue weighted by Gasteiger charge is -2.07. The van der Waals surface area contributed by atoms with Crippen molar-refractivity contribution in [3.05, 3.63) is 58.3 Å². The van der Waals surface area contributed by atoms with E-state index in [9.17, 15) is 14.9 Å². The van der Waals surface area contributed by atoms with Gasteiger partial charge in [-0.1, -0.05) is 24.3 Å². The molecule has 6 heteroatoms. The fraction of sp³-hybridized carbons (Fsp3) is 0.0769. The van der Waals surface area contributed by atoms with E-state index in [0.717, 1.165) is 0 Å². The summed E-state index contributed by atoms with van der Waals surface area (Å²) in [7, 11) is 0. The topological polar surface area (TPSA) is 99.1 Å². The van der Waals surface area contributed by atoms with Crippen molar-refractivity contribution in [2.45, 2.75) is 6.42 Å². The first-order valence-electron chi connectivity index (χ1n) is 5.53. The number of nitrogens with two attached hydrogens (primary N) is 1. The predicted octanol–water partition coefficient (Wildman–Crippen LogP) is 1.97. The van der Waals surface area contributed by atoms with Gasteiger partial charge in [0.1, 0.15) is 11.3 Å². The highest BCUT2D eigenvalue weighted by molar-refractivity contribution is 6.09. The second kappa shape index (κ2) is 4.85. The second-order valence-electron chi connectivity index (χ2n) is 3.91. The number of hydrogen-bond acceptors (Lipinski definition) is 4. The minimum atomic E-state index is -0.837. The molecule has 0 unspecified atom stereocenters. The Morgan fingerprint density at radius 2 is 2.16 bits per heavy atom. The van der Waals surface area contributed by atoms with Gasteiger partial charge in [-0.25, -0.2) is 4.98 Å². The molecule has 0 atom stereocenters. The van der Waals surface area contributed by atoms with E-state index in [1.807, 2.05) is 0 Å². The van der Waals surface area contributed by atoms with Crippen LogP contribution in [0.2, 0.25) is 0 Å². The summed E-state index contributed by atoms with van der Waals surface area (Å²) in [6.45, 7) is 3.53. The largest absolute Gasteiger partial charge is 0.365 e. The maximum absolute atomic E-state index is 11.6. The third-order valence-corrected chi connectivity index (χ3v) is 2.71. The Kier molecular flexibility index (Phi) is 3.24. The van der Waals surface area contributed by atoms with E-state index in [-0.39, 0.29) is 23.4 Å². The van der Waals surface area contributed by atoms with Crippen LogP contribution in [0.5, 0.6) is 0 Å². The van der Waals surface area contributed by atoms with Gasteiger partial charge in [-0.2, -0.15) is 0 Å². The minimum Gasteiger partial charge on any atom is -0.365 e. The molecule has 0 saturated heterocycles. The summed E-state index contributed by atoms with van der Waals surface area (Å²) in [6, 6.07) is 6.68. The van der Waals surface area contributed by atoms with Crippen LogP contribution in [0.1, 0.15) is 16.1 Å². The number of carbonyl (C=O) groups is 1. The van der Waals surface area contributed by atoms with E-state index < -0.39 is 10.8 Å². The van der Waals surface area contributed by atoms with Gasteiger partial charge in [0.2, 0.25) is 0 Å². The molecule has 96 valence electrons. The Hall–Kier alpha value is -2.76. The number of rotatable bonds is 4. The summed E-state index contributed by atoms with van der Waals surface area (Å²) in [5.74, 6) is -0.837. The lowest BCUT2D eigenvalue weighted by molar-refractivity contribution is -0.385.